The van der Waals surface area contributed by atoms with Gasteiger partial charge in [-0.2, -0.15) is 0 Å². The Balaban J connectivity index is 1.08. The molecule has 2 bridgehead atoms. The van der Waals surface area contributed by atoms with Gasteiger partial charge in [0.05, 0.1) is 49.3 Å². The molecule has 5 saturated heterocycles. The molecule has 8 aliphatic rings. The quantitative estimate of drug-likeness (QED) is 0.197. The zero-order valence-electron chi connectivity index (χ0n) is 39.3. The van der Waals surface area contributed by atoms with E-state index >= 15 is 0 Å². The van der Waals surface area contributed by atoms with Crippen molar-refractivity contribution in [1.29, 1.82) is 0 Å². The molecule has 0 unspecified atom stereocenters. The number of methoxy groups -OCH3 is 2. The van der Waals surface area contributed by atoms with Crippen LogP contribution in [0.3, 0.4) is 0 Å². The van der Waals surface area contributed by atoms with Gasteiger partial charge >= 0.3 is 5.97 Å². The largest absolute Gasteiger partial charge is 0.462 e. The molecule has 3 N–H and O–H groups in total. The highest BCUT2D eigenvalue weighted by molar-refractivity contribution is 5.78. The molecule has 6 aliphatic heterocycles. The molecule has 8 rings (SSSR count). The van der Waals surface area contributed by atoms with Crippen LogP contribution in [-0.4, -0.2) is 139 Å². The van der Waals surface area contributed by atoms with Crippen LogP contribution >= 0.6 is 0 Å². The Labute approximate surface area is 379 Å². The van der Waals surface area contributed by atoms with Crippen molar-refractivity contribution in [3.05, 3.63) is 47.1 Å². The van der Waals surface area contributed by atoms with Gasteiger partial charge in [0.15, 0.2) is 18.4 Å². The molecular formula is C50H76O14. The minimum absolute atomic E-state index is 0.0463. The smallest absolute Gasteiger partial charge is 0.316 e. The Kier molecular flexibility index (Phi) is 15.3. The fraction of sp³-hybridized carbons (Fsp3) is 0.820. The van der Waals surface area contributed by atoms with Crippen LogP contribution in [0.5, 0.6) is 0 Å². The molecule has 6 fully saturated rings. The van der Waals surface area contributed by atoms with Gasteiger partial charge < -0.3 is 62.7 Å². The maximum absolute atomic E-state index is 14.5. The van der Waals surface area contributed by atoms with Gasteiger partial charge in [0, 0.05) is 52.2 Å². The number of aliphatic hydroxyl groups excluding tert-OH is 2. The van der Waals surface area contributed by atoms with E-state index in [9.17, 15) is 20.1 Å². The number of fused-ring (bicyclic) bond motifs is 2. The molecule has 0 radical (unpaired) electrons. The lowest BCUT2D eigenvalue weighted by Crippen LogP contribution is -2.58. The molecule has 0 amide bonds. The third-order valence-electron chi connectivity index (χ3n) is 15.8. The SMILES string of the molecule is CO[C@H]1C[C@H](O[C@H]2[C@H](C)O[C@@H](O[C@@H]3/C(C)=C\C[C@@H]4C[C@@H](C[C@]5(CC[C@H](C)[C@@H](C6CCCCC6)O5)O4)OC(=O)[C@@H]4C=C(C)[C@@H](O)[C@H]5OCC(=C/C=C\[C@@H]3C)[C@]54O)C[C@@H]2OC)O[C@@H](C)[C@@H]1O. The van der Waals surface area contributed by atoms with Crippen LogP contribution < -0.4 is 0 Å². The van der Waals surface area contributed by atoms with Crippen LogP contribution in [0.2, 0.25) is 0 Å². The molecule has 14 heteroatoms. The average molecular weight is 901 g/mol. The van der Waals surface area contributed by atoms with E-state index in [0.29, 0.717) is 61.5 Å². The summed E-state index contributed by atoms with van der Waals surface area (Å²) in [6, 6.07) is 0. The number of carbonyl (C=O) groups is 1. The van der Waals surface area contributed by atoms with Crippen molar-refractivity contribution in [2.45, 2.75) is 216 Å². The van der Waals surface area contributed by atoms with E-state index in [1.54, 1.807) is 40.2 Å². The summed E-state index contributed by atoms with van der Waals surface area (Å²) < 4.78 is 64.4. The van der Waals surface area contributed by atoms with Gasteiger partial charge in [-0.3, -0.25) is 4.79 Å². The first-order valence-electron chi connectivity index (χ1n) is 24.3. The fourth-order valence-corrected chi connectivity index (χ4v) is 12.1. The minimum Gasteiger partial charge on any atom is -0.462 e. The maximum atomic E-state index is 14.5. The van der Waals surface area contributed by atoms with Gasteiger partial charge in [0.1, 0.15) is 42.0 Å². The first-order valence-corrected chi connectivity index (χ1v) is 24.3. The van der Waals surface area contributed by atoms with Crippen LogP contribution in [0.15, 0.2) is 47.1 Å². The lowest BCUT2D eigenvalue weighted by molar-refractivity contribution is -0.342. The summed E-state index contributed by atoms with van der Waals surface area (Å²) >= 11 is 0. The van der Waals surface area contributed by atoms with E-state index in [2.05, 4.69) is 26.8 Å². The topological polar surface area (TPSA) is 170 Å². The van der Waals surface area contributed by atoms with E-state index in [-0.39, 0.29) is 30.8 Å². The highest BCUT2D eigenvalue weighted by Gasteiger charge is 2.60. The van der Waals surface area contributed by atoms with E-state index < -0.39 is 90.8 Å². The number of carbonyl (C=O) groups excluding carboxylic acids is 1. The normalized spacial score (nSPS) is 48.6. The van der Waals surface area contributed by atoms with Crippen molar-refractivity contribution in [2.75, 3.05) is 20.8 Å². The Morgan fingerprint density at radius 3 is 2.30 bits per heavy atom. The molecule has 1 spiro atoms. The van der Waals surface area contributed by atoms with Crippen LogP contribution in [0.25, 0.3) is 0 Å². The van der Waals surface area contributed by atoms with Gasteiger partial charge in [-0.1, -0.05) is 63.5 Å². The number of aliphatic hydroxyl groups is 3. The number of hydrogen-bond donors (Lipinski definition) is 3. The first-order chi connectivity index (χ1) is 30.6. The summed E-state index contributed by atoms with van der Waals surface area (Å²) in [4.78, 5) is 14.5. The fourth-order valence-electron chi connectivity index (χ4n) is 12.1. The molecule has 0 aromatic heterocycles. The maximum Gasteiger partial charge on any atom is 0.316 e. The van der Waals surface area contributed by atoms with Gasteiger partial charge in [-0.15, -0.1) is 0 Å². The van der Waals surface area contributed by atoms with E-state index in [4.69, 9.17) is 47.4 Å². The van der Waals surface area contributed by atoms with E-state index in [1.165, 1.54) is 19.3 Å². The number of ether oxygens (including phenoxy) is 10. The highest BCUT2D eigenvalue weighted by atomic mass is 16.7. The average Bonchev–Trinajstić information content (AvgIpc) is 3.62. The van der Waals surface area contributed by atoms with Crippen molar-refractivity contribution < 1.29 is 67.5 Å². The second-order valence-electron chi connectivity index (χ2n) is 20.4. The van der Waals surface area contributed by atoms with Crippen molar-refractivity contribution in [2.24, 2.45) is 23.7 Å². The molecule has 14 nitrogen and oxygen atoms in total. The molecule has 6 heterocycles. The molecule has 64 heavy (non-hydrogen) atoms. The van der Waals surface area contributed by atoms with Crippen LogP contribution in [0.4, 0.5) is 0 Å². The van der Waals surface area contributed by atoms with Gasteiger partial charge in [-0.05, 0) is 81.9 Å². The van der Waals surface area contributed by atoms with Gasteiger partial charge in [0.2, 0.25) is 0 Å². The van der Waals surface area contributed by atoms with E-state index in [0.717, 1.165) is 24.8 Å². The number of hydrogen-bond acceptors (Lipinski definition) is 14. The van der Waals surface area contributed by atoms with Gasteiger partial charge in [-0.25, -0.2) is 0 Å². The third-order valence-corrected chi connectivity index (χ3v) is 15.8. The lowest BCUT2D eigenvalue weighted by Gasteiger charge is -2.51. The summed E-state index contributed by atoms with van der Waals surface area (Å²) in [6.07, 6.45) is 11.9. The summed E-state index contributed by atoms with van der Waals surface area (Å²) in [5.41, 5.74) is 0.221. The van der Waals surface area contributed by atoms with Crippen LogP contribution in [-0.2, 0) is 52.2 Å². The number of rotatable bonds is 7. The molecule has 19 atom stereocenters. The molecular weight excluding hydrogens is 825 g/mol. The molecule has 0 aromatic rings. The molecule has 0 aromatic carbocycles. The zero-order valence-corrected chi connectivity index (χ0v) is 39.3. The van der Waals surface area contributed by atoms with Crippen LogP contribution in [0, 0.1) is 23.7 Å². The van der Waals surface area contributed by atoms with Crippen molar-refractivity contribution >= 4 is 5.97 Å². The predicted octanol–water partition coefficient (Wildman–Crippen LogP) is 6.14. The summed E-state index contributed by atoms with van der Waals surface area (Å²) in [7, 11) is 3.24. The highest BCUT2D eigenvalue weighted by Crippen LogP contribution is 2.49. The Bertz CT molecular complexity index is 1740. The molecule has 2 aliphatic carbocycles. The second kappa shape index (κ2) is 20.3. The van der Waals surface area contributed by atoms with Crippen molar-refractivity contribution in [3.63, 3.8) is 0 Å². The van der Waals surface area contributed by atoms with Crippen LogP contribution in [0.1, 0.15) is 119 Å². The van der Waals surface area contributed by atoms with Crippen molar-refractivity contribution in [1.82, 2.24) is 0 Å². The summed E-state index contributed by atoms with van der Waals surface area (Å²) in [5, 5.41) is 34.4. The Morgan fingerprint density at radius 1 is 0.828 bits per heavy atom. The third kappa shape index (κ3) is 9.92. The monoisotopic (exact) mass is 901 g/mol. The number of allylic oxidation sites excluding steroid dienone is 2. The minimum atomic E-state index is -1.82. The van der Waals surface area contributed by atoms with Gasteiger partial charge in [0.25, 0.3) is 0 Å². The summed E-state index contributed by atoms with van der Waals surface area (Å²) in [6.45, 7) is 12.0. The Hall–Kier alpha value is -2.05. The predicted molar refractivity (Wildman–Crippen MR) is 235 cm³/mol. The van der Waals surface area contributed by atoms with Crippen molar-refractivity contribution in [3.8, 4) is 0 Å². The standard InChI is InChI=1S/C50H76O14/c1-27-13-12-16-34-26-57-47-42(51)30(4)21-37(50(34,47)54)48(53)60-36-22-35(63-49(25-36)20-19-29(3)45(64-49)33-14-10-9-11-15-33)18-17-28(2)44(27)61-41-24-39(56-8)46(32(6)59-41)62-40-23-38(55-7)43(52)31(5)58-40/h12-13,16-17,21,27,29,31-33,35-47,51-52,54H,9-11,14-15,18-20,22-26H2,1-8H3/b13-12-,28-17-,34-16?/t27-,29-,31-,32-,35+,36-,37-,38-,39-,40-,41-,42+,43-,44-,45-,46-,47+,49+,50+/m0/s1. The first kappa shape index (κ1) is 48.4. The van der Waals surface area contributed by atoms with E-state index in [1.807, 2.05) is 19.1 Å². The summed E-state index contributed by atoms with van der Waals surface area (Å²) in [5.74, 6) is -1.86. The molecule has 360 valence electrons. The molecule has 1 saturated carbocycles. The second-order valence-corrected chi connectivity index (χ2v) is 20.4. The lowest BCUT2D eigenvalue weighted by atomic mass is 9.71. The zero-order chi connectivity index (χ0) is 45.5. The Morgan fingerprint density at radius 2 is 1.55 bits per heavy atom. The number of esters is 1.